The molecule has 3 N–H and O–H groups in total. The van der Waals surface area contributed by atoms with Crippen molar-refractivity contribution in [2.75, 3.05) is 12.3 Å². The second kappa shape index (κ2) is 5.27. The van der Waals surface area contributed by atoms with Crippen LogP contribution in [0.5, 0.6) is 0 Å². The third kappa shape index (κ3) is 2.29. The van der Waals surface area contributed by atoms with E-state index in [9.17, 15) is 4.79 Å². The van der Waals surface area contributed by atoms with Gasteiger partial charge in [0.25, 0.3) is 5.91 Å². The molecule has 2 rings (SSSR count). The minimum absolute atomic E-state index is 0.154. The largest absolute Gasteiger partial charge is 0.398 e. The fourth-order valence-electron chi connectivity index (χ4n) is 1.74. The van der Waals surface area contributed by atoms with Crippen molar-refractivity contribution in [3.8, 4) is 11.3 Å². The van der Waals surface area contributed by atoms with Gasteiger partial charge >= 0.3 is 0 Å². The maximum Gasteiger partial charge on any atom is 0.252 e. The van der Waals surface area contributed by atoms with Crippen LogP contribution in [-0.4, -0.2) is 22.4 Å². The molecule has 0 unspecified atom stereocenters. The molecule has 5 nitrogen and oxygen atoms in total. The standard InChI is InChI=1S/C13H14N4O/c1-2-16-13(18)9-4-3-5-10(14)12(9)11-6-7-15-8-17-11/h3-8H,2,14H2,1H3,(H,16,18). The number of hydrogen-bond donors (Lipinski definition) is 2. The summed E-state index contributed by atoms with van der Waals surface area (Å²) in [4.78, 5) is 20.0. The lowest BCUT2D eigenvalue weighted by Gasteiger charge is -2.11. The number of nitrogen functional groups attached to an aromatic ring is 1. The highest BCUT2D eigenvalue weighted by Crippen LogP contribution is 2.27. The van der Waals surface area contributed by atoms with E-state index in [1.54, 1.807) is 30.5 Å². The molecule has 0 aliphatic carbocycles. The molecule has 0 atom stereocenters. The maximum absolute atomic E-state index is 12.0. The van der Waals surface area contributed by atoms with E-state index >= 15 is 0 Å². The van der Waals surface area contributed by atoms with Gasteiger partial charge in [0.05, 0.1) is 11.3 Å². The van der Waals surface area contributed by atoms with Gasteiger partial charge in [0.2, 0.25) is 0 Å². The van der Waals surface area contributed by atoms with Gasteiger partial charge in [-0.15, -0.1) is 0 Å². The van der Waals surface area contributed by atoms with E-state index in [4.69, 9.17) is 5.73 Å². The number of carbonyl (C=O) groups is 1. The Bertz CT molecular complexity index is 554. The summed E-state index contributed by atoms with van der Waals surface area (Å²) in [6.07, 6.45) is 3.06. The Morgan fingerprint density at radius 2 is 2.22 bits per heavy atom. The highest BCUT2D eigenvalue weighted by atomic mass is 16.1. The molecule has 0 spiro atoms. The van der Waals surface area contributed by atoms with E-state index in [1.165, 1.54) is 6.33 Å². The maximum atomic E-state index is 12.0. The van der Waals surface area contributed by atoms with Crippen LogP contribution in [-0.2, 0) is 0 Å². The first kappa shape index (κ1) is 12.0. The molecular weight excluding hydrogens is 228 g/mol. The Morgan fingerprint density at radius 1 is 1.39 bits per heavy atom. The van der Waals surface area contributed by atoms with Crippen molar-refractivity contribution in [1.29, 1.82) is 0 Å². The molecule has 1 heterocycles. The lowest BCUT2D eigenvalue weighted by Crippen LogP contribution is -2.23. The molecule has 5 heteroatoms. The summed E-state index contributed by atoms with van der Waals surface area (Å²) >= 11 is 0. The lowest BCUT2D eigenvalue weighted by atomic mass is 10.0. The van der Waals surface area contributed by atoms with Crippen LogP contribution >= 0.6 is 0 Å². The number of nitrogens with zero attached hydrogens (tertiary/aromatic N) is 2. The summed E-state index contributed by atoms with van der Waals surface area (Å²) < 4.78 is 0. The first-order valence-electron chi connectivity index (χ1n) is 5.67. The zero-order chi connectivity index (χ0) is 13.0. The van der Waals surface area contributed by atoms with Crippen molar-refractivity contribution in [3.63, 3.8) is 0 Å². The second-order valence-corrected chi connectivity index (χ2v) is 3.72. The van der Waals surface area contributed by atoms with E-state index in [0.717, 1.165) is 0 Å². The lowest BCUT2D eigenvalue weighted by molar-refractivity contribution is 0.0956. The molecule has 0 aliphatic heterocycles. The number of nitrogens with one attached hydrogen (secondary N) is 1. The molecule has 1 aromatic carbocycles. The number of nitrogens with two attached hydrogens (primary N) is 1. The van der Waals surface area contributed by atoms with Gasteiger partial charge in [-0.2, -0.15) is 0 Å². The highest BCUT2D eigenvalue weighted by molar-refractivity contribution is 6.03. The molecule has 1 aromatic heterocycles. The van der Waals surface area contributed by atoms with Gasteiger partial charge in [0, 0.05) is 24.0 Å². The molecule has 0 saturated carbocycles. The first-order valence-corrected chi connectivity index (χ1v) is 5.67. The molecule has 2 aromatic rings. The fourth-order valence-corrected chi connectivity index (χ4v) is 1.74. The Morgan fingerprint density at radius 3 is 2.89 bits per heavy atom. The molecule has 0 bridgehead atoms. The number of benzene rings is 1. The van der Waals surface area contributed by atoms with Crippen molar-refractivity contribution in [1.82, 2.24) is 15.3 Å². The SMILES string of the molecule is CCNC(=O)c1cccc(N)c1-c1ccncn1. The van der Waals surface area contributed by atoms with E-state index in [0.29, 0.717) is 29.1 Å². The van der Waals surface area contributed by atoms with Gasteiger partial charge < -0.3 is 11.1 Å². The molecular formula is C13H14N4O. The number of amides is 1. The number of aromatic nitrogens is 2. The highest BCUT2D eigenvalue weighted by Gasteiger charge is 2.15. The molecule has 18 heavy (non-hydrogen) atoms. The van der Waals surface area contributed by atoms with Gasteiger partial charge in [-0.1, -0.05) is 6.07 Å². The number of carbonyl (C=O) groups excluding carboxylic acids is 1. The van der Waals surface area contributed by atoms with Crippen LogP contribution < -0.4 is 11.1 Å². The smallest absolute Gasteiger partial charge is 0.252 e. The molecule has 0 radical (unpaired) electrons. The second-order valence-electron chi connectivity index (χ2n) is 3.72. The number of rotatable bonds is 3. The predicted octanol–water partition coefficient (Wildman–Crippen LogP) is 1.48. The van der Waals surface area contributed by atoms with Crippen LogP contribution in [0.3, 0.4) is 0 Å². The molecule has 0 saturated heterocycles. The summed E-state index contributed by atoms with van der Waals surface area (Å²) in [6.45, 7) is 2.44. The van der Waals surface area contributed by atoms with Crippen LogP contribution in [0, 0.1) is 0 Å². The van der Waals surface area contributed by atoms with Crippen LogP contribution in [0.2, 0.25) is 0 Å². The third-order valence-corrected chi connectivity index (χ3v) is 2.52. The van der Waals surface area contributed by atoms with Gasteiger partial charge in [-0.05, 0) is 25.1 Å². The number of hydrogen-bond acceptors (Lipinski definition) is 4. The third-order valence-electron chi connectivity index (χ3n) is 2.52. The van der Waals surface area contributed by atoms with E-state index < -0.39 is 0 Å². The van der Waals surface area contributed by atoms with Crippen molar-refractivity contribution in [3.05, 3.63) is 42.4 Å². The normalized spacial score (nSPS) is 10.1. The minimum atomic E-state index is -0.154. The Labute approximate surface area is 105 Å². The Balaban J connectivity index is 2.55. The molecule has 1 amide bonds. The van der Waals surface area contributed by atoms with Crippen LogP contribution in [0.1, 0.15) is 17.3 Å². The van der Waals surface area contributed by atoms with E-state index in [-0.39, 0.29) is 5.91 Å². The van der Waals surface area contributed by atoms with Gasteiger partial charge in [-0.3, -0.25) is 4.79 Å². The number of anilines is 1. The van der Waals surface area contributed by atoms with Crippen LogP contribution in [0.25, 0.3) is 11.3 Å². The average molecular weight is 242 g/mol. The summed E-state index contributed by atoms with van der Waals surface area (Å²) in [5.74, 6) is -0.154. The summed E-state index contributed by atoms with van der Waals surface area (Å²) in [7, 11) is 0. The Hall–Kier alpha value is -2.43. The predicted molar refractivity (Wildman–Crippen MR) is 69.9 cm³/mol. The van der Waals surface area contributed by atoms with Crippen molar-refractivity contribution in [2.24, 2.45) is 0 Å². The monoisotopic (exact) mass is 242 g/mol. The first-order chi connectivity index (χ1) is 8.74. The summed E-state index contributed by atoms with van der Waals surface area (Å²) in [5.41, 5.74) is 8.28. The quantitative estimate of drug-likeness (QED) is 0.799. The average Bonchev–Trinajstić information content (AvgIpc) is 2.39. The van der Waals surface area contributed by atoms with Gasteiger partial charge in [0.1, 0.15) is 6.33 Å². The summed E-state index contributed by atoms with van der Waals surface area (Å²) in [6, 6.07) is 6.97. The van der Waals surface area contributed by atoms with Gasteiger partial charge in [-0.25, -0.2) is 9.97 Å². The molecule has 0 fully saturated rings. The molecule has 0 aliphatic rings. The minimum Gasteiger partial charge on any atom is -0.398 e. The molecule has 92 valence electrons. The van der Waals surface area contributed by atoms with E-state index in [1.807, 2.05) is 6.92 Å². The zero-order valence-corrected chi connectivity index (χ0v) is 10.1. The van der Waals surface area contributed by atoms with Crippen molar-refractivity contribution < 1.29 is 4.79 Å². The summed E-state index contributed by atoms with van der Waals surface area (Å²) in [5, 5.41) is 2.76. The van der Waals surface area contributed by atoms with Crippen molar-refractivity contribution in [2.45, 2.75) is 6.92 Å². The Kier molecular flexibility index (Phi) is 3.52. The van der Waals surface area contributed by atoms with E-state index in [2.05, 4.69) is 15.3 Å². The fraction of sp³-hybridized carbons (Fsp3) is 0.154. The van der Waals surface area contributed by atoms with Gasteiger partial charge in [0.15, 0.2) is 0 Å². The van der Waals surface area contributed by atoms with Crippen LogP contribution in [0.15, 0.2) is 36.8 Å². The van der Waals surface area contributed by atoms with Crippen LogP contribution in [0.4, 0.5) is 5.69 Å². The van der Waals surface area contributed by atoms with Crippen molar-refractivity contribution >= 4 is 11.6 Å². The zero-order valence-electron chi connectivity index (χ0n) is 10.1. The topological polar surface area (TPSA) is 80.9 Å².